The third kappa shape index (κ3) is 4.30. The Kier molecular flexibility index (Phi) is 4.76. The van der Waals surface area contributed by atoms with Gasteiger partial charge in [0.15, 0.2) is 19.7 Å². The van der Waals surface area contributed by atoms with Gasteiger partial charge in [0.25, 0.3) is 5.91 Å². The van der Waals surface area contributed by atoms with Crippen LogP contribution in [0.3, 0.4) is 0 Å². The number of hydrogen-bond donors (Lipinski definition) is 1. The number of nitrogens with one attached hydrogen (secondary N) is 1. The molecule has 0 aliphatic carbocycles. The van der Waals surface area contributed by atoms with Crippen LogP contribution in [0.4, 0.5) is 5.82 Å². The lowest BCUT2D eigenvalue weighted by atomic mass is 10.2. The molecule has 2 aliphatic heterocycles. The lowest BCUT2D eigenvalue weighted by molar-refractivity contribution is 0.0941. The second-order valence-electron chi connectivity index (χ2n) is 6.64. The van der Waals surface area contributed by atoms with Gasteiger partial charge in [0, 0.05) is 30.9 Å². The normalized spacial score (nSPS) is 27.1. The van der Waals surface area contributed by atoms with E-state index in [1.54, 1.807) is 24.1 Å². The van der Waals surface area contributed by atoms with E-state index in [1.165, 1.54) is 6.20 Å². The van der Waals surface area contributed by atoms with Gasteiger partial charge >= 0.3 is 0 Å². The predicted molar refractivity (Wildman–Crippen MR) is 94.2 cm³/mol. The molecule has 0 radical (unpaired) electrons. The van der Waals surface area contributed by atoms with Crippen molar-refractivity contribution < 1.29 is 21.6 Å². The summed E-state index contributed by atoms with van der Waals surface area (Å²) in [6, 6.07) is 2.63. The number of amides is 1. The molecule has 1 aromatic rings. The maximum Gasteiger partial charge on any atom is 0.251 e. The first-order valence-electron chi connectivity index (χ1n) is 8.06. The third-order valence-electron chi connectivity index (χ3n) is 4.69. The first kappa shape index (κ1) is 18.1. The summed E-state index contributed by atoms with van der Waals surface area (Å²) in [7, 11) is -4.30. The summed E-state index contributed by atoms with van der Waals surface area (Å²) in [5.74, 6) is 0.487. The SMILES string of the molecule is CN(c1cc(C(=O)NC2CCS(=O)(=O)C2)ccn1)C1CCS(=O)(=O)C1. The second-order valence-corrected chi connectivity index (χ2v) is 11.1. The van der Waals surface area contributed by atoms with Crippen LogP contribution < -0.4 is 10.2 Å². The van der Waals surface area contributed by atoms with Crippen LogP contribution >= 0.6 is 0 Å². The van der Waals surface area contributed by atoms with E-state index in [0.29, 0.717) is 24.2 Å². The molecule has 0 bridgehead atoms. The maximum atomic E-state index is 12.4. The molecule has 10 heteroatoms. The zero-order valence-corrected chi connectivity index (χ0v) is 15.5. The van der Waals surface area contributed by atoms with E-state index in [4.69, 9.17) is 0 Å². The van der Waals surface area contributed by atoms with Crippen LogP contribution in [0.1, 0.15) is 23.2 Å². The number of carbonyl (C=O) groups is 1. The Balaban J connectivity index is 1.70. The summed E-state index contributed by atoms with van der Waals surface area (Å²) in [4.78, 5) is 18.4. The van der Waals surface area contributed by atoms with Crippen LogP contribution in [0.25, 0.3) is 0 Å². The highest BCUT2D eigenvalue weighted by Crippen LogP contribution is 2.22. The van der Waals surface area contributed by atoms with E-state index in [2.05, 4.69) is 10.3 Å². The van der Waals surface area contributed by atoms with E-state index < -0.39 is 19.7 Å². The lowest BCUT2D eigenvalue weighted by Gasteiger charge is -2.24. The van der Waals surface area contributed by atoms with Crippen molar-refractivity contribution in [3.05, 3.63) is 23.9 Å². The minimum Gasteiger partial charge on any atom is -0.356 e. The van der Waals surface area contributed by atoms with Gasteiger partial charge in [-0.1, -0.05) is 0 Å². The fourth-order valence-corrected chi connectivity index (χ4v) is 6.65. The van der Waals surface area contributed by atoms with Crippen molar-refractivity contribution in [3.8, 4) is 0 Å². The van der Waals surface area contributed by atoms with Gasteiger partial charge < -0.3 is 10.2 Å². The maximum absolute atomic E-state index is 12.4. The summed E-state index contributed by atoms with van der Waals surface area (Å²) < 4.78 is 46.2. The largest absolute Gasteiger partial charge is 0.356 e. The number of aromatic nitrogens is 1. The van der Waals surface area contributed by atoms with Crippen molar-refractivity contribution in [3.63, 3.8) is 0 Å². The molecule has 0 spiro atoms. The monoisotopic (exact) mass is 387 g/mol. The van der Waals surface area contributed by atoms with Crippen LogP contribution in [-0.2, 0) is 19.7 Å². The quantitative estimate of drug-likeness (QED) is 0.749. The van der Waals surface area contributed by atoms with Gasteiger partial charge in [-0.2, -0.15) is 0 Å². The van der Waals surface area contributed by atoms with Gasteiger partial charge in [0.2, 0.25) is 0 Å². The number of hydrogen-bond acceptors (Lipinski definition) is 7. The molecule has 0 saturated carbocycles. The topological polar surface area (TPSA) is 114 Å². The molecule has 1 aromatic heterocycles. The molecular weight excluding hydrogens is 366 g/mol. The molecule has 3 rings (SSSR count). The lowest BCUT2D eigenvalue weighted by Crippen LogP contribution is -2.36. The average Bonchev–Trinajstić information content (AvgIpc) is 3.08. The fourth-order valence-electron chi connectivity index (χ4n) is 3.20. The average molecular weight is 387 g/mol. The molecule has 138 valence electrons. The summed E-state index contributed by atoms with van der Waals surface area (Å²) in [5, 5.41) is 2.74. The van der Waals surface area contributed by atoms with Gasteiger partial charge in [0.1, 0.15) is 5.82 Å². The molecule has 2 aliphatic rings. The van der Waals surface area contributed by atoms with Crippen molar-refractivity contribution >= 4 is 31.4 Å². The first-order chi connectivity index (χ1) is 11.7. The number of anilines is 1. The number of rotatable bonds is 4. The molecule has 25 heavy (non-hydrogen) atoms. The van der Waals surface area contributed by atoms with Gasteiger partial charge in [-0.15, -0.1) is 0 Å². The van der Waals surface area contributed by atoms with Gasteiger partial charge in [-0.25, -0.2) is 21.8 Å². The highest BCUT2D eigenvalue weighted by molar-refractivity contribution is 7.91. The van der Waals surface area contributed by atoms with Crippen molar-refractivity contribution in [2.24, 2.45) is 0 Å². The summed E-state index contributed by atoms with van der Waals surface area (Å²) in [6.07, 6.45) is 2.46. The number of nitrogens with zero attached hydrogens (tertiary/aromatic N) is 2. The molecule has 2 saturated heterocycles. The molecule has 1 N–H and O–H groups in total. The van der Waals surface area contributed by atoms with Gasteiger partial charge in [-0.3, -0.25) is 4.79 Å². The van der Waals surface area contributed by atoms with Crippen LogP contribution in [0.2, 0.25) is 0 Å². The van der Waals surface area contributed by atoms with E-state index in [9.17, 15) is 21.6 Å². The summed E-state index contributed by atoms with van der Waals surface area (Å²) in [6.45, 7) is 0. The zero-order valence-electron chi connectivity index (χ0n) is 13.9. The number of carbonyl (C=O) groups excluding carboxylic acids is 1. The van der Waals surface area contributed by atoms with Crippen molar-refractivity contribution in [2.75, 3.05) is 35.0 Å². The number of sulfone groups is 2. The Morgan fingerprint density at radius 2 is 1.84 bits per heavy atom. The first-order valence-corrected chi connectivity index (χ1v) is 11.7. The zero-order chi connectivity index (χ0) is 18.2. The van der Waals surface area contributed by atoms with Crippen LogP contribution in [-0.4, -0.2) is 69.9 Å². The summed E-state index contributed by atoms with van der Waals surface area (Å²) in [5.41, 5.74) is 0.377. The minimum atomic E-state index is -3.06. The van der Waals surface area contributed by atoms with E-state index in [-0.39, 0.29) is 41.0 Å². The Morgan fingerprint density at radius 3 is 2.44 bits per heavy atom. The minimum absolute atomic E-state index is 0.0312. The second kappa shape index (κ2) is 6.56. The molecule has 2 fully saturated rings. The van der Waals surface area contributed by atoms with E-state index in [1.807, 2.05) is 0 Å². The van der Waals surface area contributed by atoms with Gasteiger partial charge in [-0.05, 0) is 25.0 Å². The Morgan fingerprint density at radius 1 is 1.16 bits per heavy atom. The van der Waals surface area contributed by atoms with Crippen molar-refractivity contribution in [2.45, 2.75) is 24.9 Å². The molecule has 1 amide bonds. The molecule has 2 atom stereocenters. The van der Waals surface area contributed by atoms with Crippen LogP contribution in [0, 0.1) is 0 Å². The highest BCUT2D eigenvalue weighted by atomic mass is 32.2. The molecule has 0 aromatic carbocycles. The molecule has 8 nitrogen and oxygen atoms in total. The molecule has 3 heterocycles. The van der Waals surface area contributed by atoms with E-state index >= 15 is 0 Å². The van der Waals surface area contributed by atoms with Crippen LogP contribution in [0.15, 0.2) is 18.3 Å². The Labute approximate surface area is 147 Å². The predicted octanol–water partition coefficient (Wildman–Crippen LogP) is -0.378. The van der Waals surface area contributed by atoms with Crippen LogP contribution in [0.5, 0.6) is 0 Å². The molecular formula is C15H21N3O5S2. The standard InChI is InChI=1S/C15H21N3O5S2/c1-18(13-4-7-25(22,23)10-13)14-8-11(2-5-16-14)15(19)17-12-3-6-24(20,21)9-12/h2,5,8,12-13H,3-4,6-7,9-10H2,1H3,(H,17,19). The fraction of sp³-hybridized carbons (Fsp3) is 0.600. The molecule has 2 unspecified atom stereocenters. The Hall–Kier alpha value is -1.68. The van der Waals surface area contributed by atoms with E-state index in [0.717, 1.165) is 0 Å². The third-order valence-corrected chi connectivity index (χ3v) is 8.21. The summed E-state index contributed by atoms with van der Waals surface area (Å²) >= 11 is 0. The number of pyridine rings is 1. The van der Waals surface area contributed by atoms with Gasteiger partial charge in [0.05, 0.1) is 23.0 Å². The van der Waals surface area contributed by atoms with Crippen molar-refractivity contribution in [1.29, 1.82) is 0 Å². The Bertz CT molecular complexity index is 882. The van der Waals surface area contributed by atoms with Crippen molar-refractivity contribution in [1.82, 2.24) is 10.3 Å². The highest BCUT2D eigenvalue weighted by Gasteiger charge is 2.32. The smallest absolute Gasteiger partial charge is 0.251 e.